The fraction of sp³-hybridized carbons (Fsp3) is 0.381. The van der Waals surface area contributed by atoms with Crippen LogP contribution in [0.1, 0.15) is 29.5 Å². The minimum atomic E-state index is -3.22. The van der Waals surface area contributed by atoms with Crippen molar-refractivity contribution in [1.29, 1.82) is 0 Å². The largest absolute Gasteiger partial charge is 0.356 e. The summed E-state index contributed by atoms with van der Waals surface area (Å²) < 4.78 is 23.4. The number of hydrogen-bond acceptors (Lipinski definition) is 5. The van der Waals surface area contributed by atoms with Crippen LogP contribution in [0.3, 0.4) is 0 Å². The minimum Gasteiger partial charge on any atom is -0.356 e. The van der Waals surface area contributed by atoms with E-state index in [4.69, 9.17) is 0 Å². The van der Waals surface area contributed by atoms with Gasteiger partial charge in [0.15, 0.2) is 15.8 Å². The molecule has 0 radical (unpaired) electrons. The molecular weight excluding hydrogens is 531 g/mol. The van der Waals surface area contributed by atoms with Crippen LogP contribution in [-0.4, -0.2) is 39.1 Å². The quantitative estimate of drug-likeness (QED) is 0.121. The fourth-order valence-corrected chi connectivity index (χ4v) is 4.05. The van der Waals surface area contributed by atoms with Gasteiger partial charge in [0.25, 0.3) is 5.69 Å². The van der Waals surface area contributed by atoms with E-state index < -0.39 is 14.8 Å². The highest BCUT2D eigenvalue weighted by molar-refractivity contribution is 14.0. The van der Waals surface area contributed by atoms with E-state index in [2.05, 4.69) is 15.6 Å². The number of hydrogen-bond donors (Lipinski definition) is 2. The molecule has 0 aliphatic carbocycles. The lowest BCUT2D eigenvalue weighted by molar-refractivity contribution is -0.384. The van der Waals surface area contributed by atoms with E-state index >= 15 is 0 Å². The van der Waals surface area contributed by atoms with Gasteiger partial charge in [0.05, 0.1) is 9.82 Å². The van der Waals surface area contributed by atoms with Crippen LogP contribution in [0.4, 0.5) is 5.69 Å². The highest BCUT2D eigenvalue weighted by atomic mass is 127. The number of aliphatic imine (C=N–C) groups is 1. The first-order valence-corrected chi connectivity index (χ1v) is 11.6. The van der Waals surface area contributed by atoms with Gasteiger partial charge in [0.1, 0.15) is 0 Å². The Hall–Kier alpha value is -2.21. The number of guanidine groups is 1. The molecule has 0 saturated carbocycles. The standard InChI is InChI=1S/C21H28N4O4S.HI/c1-16-14-18(9-12-20(16)30(3,28)29)15-24-21(22-2)23-13-5-4-6-17-7-10-19(11-8-17)25(26)27;/h7-12,14H,4-6,13,15H2,1-3H3,(H2,22,23,24);1H. The number of rotatable bonds is 9. The van der Waals surface area contributed by atoms with Crippen molar-refractivity contribution < 1.29 is 13.3 Å². The van der Waals surface area contributed by atoms with Gasteiger partial charge in [-0.15, -0.1) is 24.0 Å². The molecule has 0 heterocycles. The van der Waals surface area contributed by atoms with Gasteiger partial charge in [0.2, 0.25) is 0 Å². The third kappa shape index (κ3) is 8.82. The molecule has 0 amide bonds. The molecule has 2 aromatic carbocycles. The predicted octanol–water partition coefficient (Wildman–Crippen LogP) is 3.61. The van der Waals surface area contributed by atoms with Crippen molar-refractivity contribution in [3.63, 3.8) is 0 Å². The third-order valence-electron chi connectivity index (χ3n) is 4.65. The summed E-state index contributed by atoms with van der Waals surface area (Å²) in [5, 5.41) is 17.2. The summed E-state index contributed by atoms with van der Waals surface area (Å²) in [4.78, 5) is 14.8. The fourth-order valence-electron chi connectivity index (χ4n) is 3.09. The molecular formula is C21H29IN4O4S. The number of nitrogens with zero attached hydrogens (tertiary/aromatic N) is 2. The van der Waals surface area contributed by atoms with Crippen LogP contribution in [0, 0.1) is 17.0 Å². The van der Waals surface area contributed by atoms with Crippen LogP contribution in [-0.2, 0) is 22.8 Å². The Morgan fingerprint density at radius 2 is 1.71 bits per heavy atom. The number of nitro groups is 1. The summed E-state index contributed by atoms with van der Waals surface area (Å²) in [7, 11) is -1.52. The Morgan fingerprint density at radius 3 is 2.26 bits per heavy atom. The first-order chi connectivity index (χ1) is 14.2. The maximum absolute atomic E-state index is 11.7. The zero-order valence-corrected chi connectivity index (χ0v) is 21.1. The van der Waals surface area contributed by atoms with Crippen molar-refractivity contribution >= 4 is 45.5 Å². The highest BCUT2D eigenvalue weighted by Gasteiger charge is 2.11. The highest BCUT2D eigenvalue weighted by Crippen LogP contribution is 2.16. The second-order valence-electron chi connectivity index (χ2n) is 7.11. The minimum absolute atomic E-state index is 0. The molecule has 0 aromatic heterocycles. The number of nitro benzene ring substituents is 1. The van der Waals surface area contributed by atoms with Crippen LogP contribution in [0.5, 0.6) is 0 Å². The van der Waals surface area contributed by atoms with Gasteiger partial charge in [-0.3, -0.25) is 15.1 Å². The van der Waals surface area contributed by atoms with E-state index in [0.29, 0.717) is 17.4 Å². The predicted molar refractivity (Wildman–Crippen MR) is 134 cm³/mol. The second kappa shape index (κ2) is 12.6. The molecule has 2 N–H and O–H groups in total. The van der Waals surface area contributed by atoms with Crippen molar-refractivity contribution in [3.8, 4) is 0 Å². The smallest absolute Gasteiger partial charge is 0.269 e. The SMILES string of the molecule is CN=C(NCCCCc1ccc([N+](=O)[O-])cc1)NCc1ccc(S(C)(=O)=O)c(C)c1.I. The van der Waals surface area contributed by atoms with E-state index in [0.717, 1.165) is 42.5 Å². The molecule has 2 aromatic rings. The van der Waals surface area contributed by atoms with Crippen LogP contribution >= 0.6 is 24.0 Å². The summed E-state index contributed by atoms with van der Waals surface area (Å²) in [5.74, 6) is 0.676. The maximum atomic E-state index is 11.7. The maximum Gasteiger partial charge on any atom is 0.269 e. The first kappa shape index (κ1) is 26.8. The van der Waals surface area contributed by atoms with Crippen molar-refractivity contribution in [1.82, 2.24) is 10.6 Å². The topological polar surface area (TPSA) is 114 Å². The zero-order valence-electron chi connectivity index (χ0n) is 17.9. The van der Waals surface area contributed by atoms with Crippen molar-refractivity contribution in [3.05, 3.63) is 69.3 Å². The lowest BCUT2D eigenvalue weighted by Crippen LogP contribution is -2.37. The monoisotopic (exact) mass is 560 g/mol. The Kier molecular flexibility index (Phi) is 10.9. The average Bonchev–Trinajstić information content (AvgIpc) is 2.69. The zero-order chi connectivity index (χ0) is 22.1. The van der Waals surface area contributed by atoms with Crippen LogP contribution < -0.4 is 10.6 Å². The molecule has 0 aliphatic heterocycles. The number of aryl methyl sites for hydroxylation is 2. The summed E-state index contributed by atoms with van der Waals surface area (Å²) in [6.07, 6.45) is 3.95. The lowest BCUT2D eigenvalue weighted by atomic mass is 10.1. The summed E-state index contributed by atoms with van der Waals surface area (Å²) in [5.41, 5.74) is 2.89. The van der Waals surface area contributed by atoms with Crippen LogP contribution in [0.15, 0.2) is 52.4 Å². The van der Waals surface area contributed by atoms with Crippen LogP contribution in [0.25, 0.3) is 0 Å². The lowest BCUT2D eigenvalue weighted by Gasteiger charge is -2.13. The number of nitrogens with one attached hydrogen (secondary N) is 2. The van der Waals surface area contributed by atoms with E-state index in [1.54, 1.807) is 38.2 Å². The van der Waals surface area contributed by atoms with Crippen molar-refractivity contribution in [2.24, 2.45) is 4.99 Å². The van der Waals surface area contributed by atoms with Gasteiger partial charge < -0.3 is 10.6 Å². The molecule has 170 valence electrons. The van der Waals surface area contributed by atoms with Crippen molar-refractivity contribution in [2.45, 2.75) is 37.6 Å². The first-order valence-electron chi connectivity index (χ1n) is 9.68. The van der Waals surface area contributed by atoms with Gasteiger partial charge in [0, 0.05) is 38.5 Å². The second-order valence-corrected chi connectivity index (χ2v) is 9.09. The molecule has 8 nitrogen and oxygen atoms in total. The molecule has 0 bridgehead atoms. The molecule has 31 heavy (non-hydrogen) atoms. The van der Waals surface area contributed by atoms with Crippen molar-refractivity contribution in [2.75, 3.05) is 19.8 Å². The Bertz CT molecular complexity index is 1010. The summed E-state index contributed by atoms with van der Waals surface area (Å²) in [6.45, 7) is 3.07. The molecule has 0 fully saturated rings. The van der Waals surface area contributed by atoms with Gasteiger partial charge in [-0.2, -0.15) is 0 Å². The molecule has 0 aliphatic rings. The number of unbranched alkanes of at least 4 members (excludes halogenated alkanes) is 1. The van der Waals surface area contributed by atoms with E-state index in [9.17, 15) is 18.5 Å². The van der Waals surface area contributed by atoms with E-state index in [1.165, 1.54) is 18.4 Å². The van der Waals surface area contributed by atoms with E-state index in [1.807, 2.05) is 6.07 Å². The number of non-ortho nitro benzene ring substituents is 1. The average molecular weight is 560 g/mol. The Balaban J connectivity index is 0.00000480. The van der Waals surface area contributed by atoms with Gasteiger partial charge in [-0.1, -0.05) is 24.3 Å². The Labute approximate surface area is 200 Å². The molecule has 0 saturated heterocycles. The molecule has 0 atom stereocenters. The molecule has 0 unspecified atom stereocenters. The van der Waals surface area contributed by atoms with Crippen LogP contribution in [0.2, 0.25) is 0 Å². The molecule has 0 spiro atoms. The summed E-state index contributed by atoms with van der Waals surface area (Å²) in [6, 6.07) is 11.9. The number of benzene rings is 2. The third-order valence-corrected chi connectivity index (χ3v) is 5.91. The molecule has 2 rings (SSSR count). The molecule has 10 heteroatoms. The summed E-state index contributed by atoms with van der Waals surface area (Å²) >= 11 is 0. The Morgan fingerprint density at radius 1 is 1.06 bits per heavy atom. The normalized spacial score (nSPS) is 11.5. The van der Waals surface area contributed by atoms with Gasteiger partial charge >= 0.3 is 0 Å². The number of sulfone groups is 1. The van der Waals surface area contributed by atoms with Gasteiger partial charge in [-0.25, -0.2) is 8.42 Å². The van der Waals surface area contributed by atoms with E-state index in [-0.39, 0.29) is 29.7 Å². The van der Waals surface area contributed by atoms with Gasteiger partial charge in [-0.05, 0) is 48.9 Å². The number of halogens is 1.